The summed E-state index contributed by atoms with van der Waals surface area (Å²) < 4.78 is 0.829. The van der Waals surface area contributed by atoms with Crippen molar-refractivity contribution in [3.05, 3.63) is 33.3 Å². The van der Waals surface area contributed by atoms with E-state index in [-0.39, 0.29) is 11.8 Å². The van der Waals surface area contributed by atoms with Gasteiger partial charge in [0.25, 0.3) is 5.91 Å². The lowest BCUT2D eigenvalue weighted by Gasteiger charge is -2.11. The molecular weight excluding hydrogens is 324 g/mol. The number of halogens is 2. The lowest BCUT2D eigenvalue weighted by atomic mass is 10.1. The Morgan fingerprint density at radius 1 is 1.65 bits per heavy atom. The number of thiocarbonyl (C=S) groups is 1. The number of hydrogen-bond acceptors (Lipinski definition) is 2. The van der Waals surface area contributed by atoms with Crippen molar-refractivity contribution in [2.75, 3.05) is 6.54 Å². The fraction of sp³-hybridized carbons (Fsp3) is 0.273. The first-order valence-electron chi connectivity index (χ1n) is 4.94. The van der Waals surface area contributed by atoms with Gasteiger partial charge in [0.1, 0.15) is 0 Å². The zero-order valence-electron chi connectivity index (χ0n) is 9.17. The van der Waals surface area contributed by atoms with Gasteiger partial charge in [-0.2, -0.15) is 0 Å². The maximum atomic E-state index is 11.8. The standard InChI is InChI=1S/C11H12BrClN2OS/c1-6(10(14)17)5-15-11(16)8-3-2-7(12)4-9(8)13/h2-4,6H,5H2,1H3,(H2,14,17)(H,15,16). The smallest absolute Gasteiger partial charge is 0.252 e. The van der Waals surface area contributed by atoms with Gasteiger partial charge in [-0.25, -0.2) is 0 Å². The summed E-state index contributed by atoms with van der Waals surface area (Å²) in [6.45, 7) is 2.26. The van der Waals surface area contributed by atoms with Crippen molar-refractivity contribution < 1.29 is 4.79 Å². The maximum Gasteiger partial charge on any atom is 0.252 e. The second kappa shape index (κ2) is 6.33. The molecule has 6 heteroatoms. The Kier molecular flexibility index (Phi) is 5.36. The highest BCUT2D eigenvalue weighted by Crippen LogP contribution is 2.21. The molecular formula is C11H12BrClN2OS. The number of carbonyl (C=O) groups is 1. The second-order valence-electron chi connectivity index (χ2n) is 3.64. The minimum Gasteiger partial charge on any atom is -0.393 e. The van der Waals surface area contributed by atoms with Crippen molar-refractivity contribution >= 4 is 50.6 Å². The third kappa shape index (κ3) is 4.26. The van der Waals surface area contributed by atoms with Crippen molar-refractivity contribution in [2.45, 2.75) is 6.92 Å². The van der Waals surface area contributed by atoms with Gasteiger partial charge in [-0.15, -0.1) is 0 Å². The van der Waals surface area contributed by atoms with Crippen molar-refractivity contribution in [2.24, 2.45) is 11.7 Å². The molecule has 0 fully saturated rings. The van der Waals surface area contributed by atoms with Gasteiger partial charge in [-0.1, -0.05) is 46.7 Å². The van der Waals surface area contributed by atoms with Crippen LogP contribution in [0.5, 0.6) is 0 Å². The minimum absolute atomic E-state index is 0.0387. The molecule has 0 aliphatic rings. The Balaban J connectivity index is 2.67. The first-order chi connectivity index (χ1) is 7.91. The molecule has 0 heterocycles. The molecule has 0 saturated carbocycles. The van der Waals surface area contributed by atoms with E-state index in [0.717, 1.165) is 4.47 Å². The van der Waals surface area contributed by atoms with E-state index >= 15 is 0 Å². The van der Waals surface area contributed by atoms with Crippen LogP contribution in [0.4, 0.5) is 0 Å². The molecule has 3 nitrogen and oxygen atoms in total. The van der Waals surface area contributed by atoms with Crippen molar-refractivity contribution in [3.8, 4) is 0 Å². The van der Waals surface area contributed by atoms with Crippen LogP contribution in [0.3, 0.4) is 0 Å². The van der Waals surface area contributed by atoms with Gasteiger partial charge in [0.05, 0.1) is 15.6 Å². The number of amides is 1. The summed E-state index contributed by atoms with van der Waals surface area (Å²) in [6, 6.07) is 5.10. The summed E-state index contributed by atoms with van der Waals surface area (Å²) in [5.41, 5.74) is 5.89. The summed E-state index contributed by atoms with van der Waals surface area (Å²) in [7, 11) is 0. The first-order valence-corrected chi connectivity index (χ1v) is 6.52. The molecule has 1 aromatic carbocycles. The van der Waals surface area contributed by atoms with E-state index in [2.05, 4.69) is 21.2 Å². The van der Waals surface area contributed by atoms with Gasteiger partial charge in [-0.3, -0.25) is 4.79 Å². The molecule has 0 radical (unpaired) electrons. The molecule has 0 spiro atoms. The average molecular weight is 336 g/mol. The van der Waals surface area contributed by atoms with E-state index in [1.54, 1.807) is 18.2 Å². The highest BCUT2D eigenvalue weighted by molar-refractivity contribution is 9.10. The van der Waals surface area contributed by atoms with Crippen LogP contribution in [-0.2, 0) is 0 Å². The molecule has 1 rings (SSSR count). The quantitative estimate of drug-likeness (QED) is 0.832. The molecule has 1 amide bonds. The zero-order valence-corrected chi connectivity index (χ0v) is 12.3. The Labute approximate surface area is 119 Å². The lowest BCUT2D eigenvalue weighted by molar-refractivity contribution is 0.0951. The number of benzene rings is 1. The van der Waals surface area contributed by atoms with Gasteiger partial charge >= 0.3 is 0 Å². The van der Waals surface area contributed by atoms with Gasteiger partial charge in [0, 0.05) is 16.9 Å². The Hall–Kier alpha value is -0.650. The number of nitrogens with two attached hydrogens (primary N) is 1. The topological polar surface area (TPSA) is 55.1 Å². The van der Waals surface area contributed by atoms with Crippen LogP contribution < -0.4 is 11.1 Å². The third-order valence-electron chi connectivity index (χ3n) is 2.23. The van der Waals surface area contributed by atoms with E-state index in [0.29, 0.717) is 22.1 Å². The van der Waals surface area contributed by atoms with E-state index in [9.17, 15) is 4.79 Å². The summed E-state index contributed by atoms with van der Waals surface area (Å²) in [5.74, 6) is -0.270. The van der Waals surface area contributed by atoms with Gasteiger partial charge in [0.2, 0.25) is 0 Å². The predicted molar refractivity (Wildman–Crippen MR) is 77.4 cm³/mol. The molecule has 92 valence electrons. The monoisotopic (exact) mass is 334 g/mol. The molecule has 17 heavy (non-hydrogen) atoms. The molecule has 1 atom stereocenters. The molecule has 1 unspecified atom stereocenters. The highest BCUT2D eigenvalue weighted by Gasteiger charge is 2.12. The average Bonchev–Trinajstić information content (AvgIpc) is 2.25. The number of hydrogen-bond donors (Lipinski definition) is 2. The lowest BCUT2D eigenvalue weighted by Crippen LogP contribution is -2.33. The van der Waals surface area contributed by atoms with Crippen molar-refractivity contribution in [1.82, 2.24) is 5.32 Å². The van der Waals surface area contributed by atoms with Crippen LogP contribution in [0.1, 0.15) is 17.3 Å². The second-order valence-corrected chi connectivity index (χ2v) is 5.43. The van der Waals surface area contributed by atoms with Crippen LogP contribution in [0.15, 0.2) is 22.7 Å². The first kappa shape index (κ1) is 14.4. The molecule has 0 saturated heterocycles. The number of rotatable bonds is 4. The SMILES string of the molecule is CC(CNC(=O)c1ccc(Br)cc1Cl)C(N)=S. The van der Waals surface area contributed by atoms with Gasteiger partial charge in [-0.05, 0) is 18.2 Å². The normalized spacial score (nSPS) is 11.9. The van der Waals surface area contributed by atoms with Crippen LogP contribution in [0, 0.1) is 5.92 Å². The van der Waals surface area contributed by atoms with Crippen molar-refractivity contribution in [1.29, 1.82) is 0 Å². The van der Waals surface area contributed by atoms with E-state index in [1.807, 2.05) is 6.92 Å². The molecule has 0 aliphatic heterocycles. The van der Waals surface area contributed by atoms with Crippen LogP contribution >= 0.6 is 39.7 Å². The molecule has 3 N–H and O–H groups in total. The van der Waals surface area contributed by atoms with Crippen molar-refractivity contribution in [3.63, 3.8) is 0 Å². The van der Waals surface area contributed by atoms with E-state index in [1.165, 1.54) is 0 Å². The zero-order chi connectivity index (χ0) is 13.0. The van der Waals surface area contributed by atoms with Gasteiger partial charge in [0.15, 0.2) is 0 Å². The highest BCUT2D eigenvalue weighted by atomic mass is 79.9. The van der Waals surface area contributed by atoms with Crippen LogP contribution in [0.2, 0.25) is 5.02 Å². The molecule has 0 aromatic heterocycles. The molecule has 0 aliphatic carbocycles. The van der Waals surface area contributed by atoms with Gasteiger partial charge < -0.3 is 11.1 Å². The molecule has 1 aromatic rings. The van der Waals surface area contributed by atoms with Crippen LogP contribution in [-0.4, -0.2) is 17.4 Å². The maximum absolute atomic E-state index is 11.8. The third-order valence-corrected chi connectivity index (χ3v) is 3.44. The number of nitrogens with one attached hydrogen (secondary N) is 1. The van der Waals surface area contributed by atoms with E-state index < -0.39 is 0 Å². The summed E-state index contributed by atoms with van der Waals surface area (Å²) in [5, 5.41) is 3.14. The van der Waals surface area contributed by atoms with Crippen LogP contribution in [0.25, 0.3) is 0 Å². The van der Waals surface area contributed by atoms with E-state index in [4.69, 9.17) is 29.6 Å². The Morgan fingerprint density at radius 3 is 2.82 bits per heavy atom. The predicted octanol–water partition coefficient (Wildman–Crippen LogP) is 2.75. The Morgan fingerprint density at radius 2 is 2.29 bits per heavy atom. The largest absolute Gasteiger partial charge is 0.393 e. The fourth-order valence-corrected chi connectivity index (χ4v) is 1.96. The Bertz CT molecular complexity index is 453. The molecule has 0 bridgehead atoms. The fourth-order valence-electron chi connectivity index (χ4n) is 1.12. The number of carbonyl (C=O) groups excluding carboxylic acids is 1. The summed E-state index contributed by atoms with van der Waals surface area (Å²) in [4.78, 5) is 12.2. The summed E-state index contributed by atoms with van der Waals surface area (Å²) in [6.07, 6.45) is 0. The minimum atomic E-state index is -0.231. The summed E-state index contributed by atoms with van der Waals surface area (Å²) >= 11 is 14.1.